The van der Waals surface area contributed by atoms with Crippen molar-refractivity contribution in [1.29, 1.82) is 0 Å². The van der Waals surface area contributed by atoms with Crippen molar-refractivity contribution in [3.63, 3.8) is 0 Å². The number of halogens is 1. The van der Waals surface area contributed by atoms with Crippen LogP contribution in [0, 0.1) is 0 Å². The van der Waals surface area contributed by atoms with Crippen molar-refractivity contribution in [2.45, 2.75) is 38.6 Å². The number of para-hydroxylation sites is 1. The number of carbonyl (C=O) groups excluding carboxylic acids is 2. The summed E-state index contributed by atoms with van der Waals surface area (Å²) >= 11 is 6.04. The largest absolute Gasteiger partial charge is 0.324 e. The first-order valence-electron chi connectivity index (χ1n) is 7.34. The predicted octanol–water partition coefficient (Wildman–Crippen LogP) is 3.11. The van der Waals surface area contributed by atoms with Gasteiger partial charge in [0.1, 0.15) is 5.78 Å². The van der Waals surface area contributed by atoms with Gasteiger partial charge in [0.05, 0.1) is 17.3 Å². The number of nitrogens with one attached hydrogen (secondary N) is 1. The Bertz CT molecular complexity index is 519. The van der Waals surface area contributed by atoms with Crippen molar-refractivity contribution in [2.75, 3.05) is 18.4 Å². The number of hydrogen-bond acceptors (Lipinski definition) is 3. The van der Waals surface area contributed by atoms with Crippen LogP contribution in [0.4, 0.5) is 5.69 Å². The van der Waals surface area contributed by atoms with Gasteiger partial charge in [-0.25, -0.2) is 0 Å². The topological polar surface area (TPSA) is 49.4 Å². The molecular formula is C16H21ClN2O2. The maximum Gasteiger partial charge on any atom is 0.238 e. The third kappa shape index (κ3) is 4.83. The van der Waals surface area contributed by atoms with Crippen LogP contribution in [0.3, 0.4) is 0 Å². The molecule has 1 aromatic rings. The molecule has 0 spiro atoms. The van der Waals surface area contributed by atoms with Gasteiger partial charge < -0.3 is 5.32 Å². The van der Waals surface area contributed by atoms with Gasteiger partial charge in [-0.1, -0.05) is 30.2 Å². The van der Waals surface area contributed by atoms with Gasteiger partial charge in [0.2, 0.25) is 5.91 Å². The number of Topliss-reactive ketones (excluding diaryl/α,β-unsaturated/α-hetero) is 1. The molecule has 0 saturated carbocycles. The lowest BCUT2D eigenvalue weighted by Crippen LogP contribution is -2.44. The Morgan fingerprint density at radius 2 is 2.10 bits per heavy atom. The molecule has 1 amide bonds. The van der Waals surface area contributed by atoms with E-state index in [-0.39, 0.29) is 17.7 Å². The average Bonchev–Trinajstić information content (AvgIpc) is 2.43. The molecule has 0 aliphatic carbocycles. The van der Waals surface area contributed by atoms with Crippen molar-refractivity contribution < 1.29 is 9.59 Å². The third-order valence-electron chi connectivity index (χ3n) is 3.77. The van der Waals surface area contributed by atoms with Crippen molar-refractivity contribution in [3.8, 4) is 0 Å². The summed E-state index contributed by atoms with van der Waals surface area (Å²) in [5.41, 5.74) is 0.629. The summed E-state index contributed by atoms with van der Waals surface area (Å²) in [4.78, 5) is 25.6. The number of likely N-dealkylation sites (tertiary alicyclic amines) is 1. The molecule has 4 nitrogen and oxygen atoms in total. The number of rotatable bonds is 5. The third-order valence-corrected chi connectivity index (χ3v) is 4.10. The lowest BCUT2D eigenvalue weighted by molar-refractivity contribution is -0.121. The van der Waals surface area contributed by atoms with E-state index < -0.39 is 0 Å². The molecule has 1 N–H and O–H groups in total. The molecule has 1 aliphatic heterocycles. The van der Waals surface area contributed by atoms with Crippen LogP contribution in [0.5, 0.6) is 0 Å². The molecule has 1 fully saturated rings. The van der Waals surface area contributed by atoms with E-state index in [0.29, 0.717) is 23.7 Å². The minimum absolute atomic E-state index is 0.0847. The van der Waals surface area contributed by atoms with Gasteiger partial charge in [-0.3, -0.25) is 14.5 Å². The molecule has 1 unspecified atom stereocenters. The summed E-state index contributed by atoms with van der Waals surface area (Å²) in [6, 6.07) is 7.38. The van der Waals surface area contributed by atoms with Gasteiger partial charge in [-0.2, -0.15) is 0 Å². The molecule has 1 aromatic carbocycles. The summed E-state index contributed by atoms with van der Waals surface area (Å²) in [6.07, 6.45) is 3.71. The molecule has 1 aliphatic rings. The van der Waals surface area contributed by atoms with Crippen LogP contribution in [0.25, 0.3) is 0 Å². The SMILES string of the molecule is CC(=O)CC1CCCCN1CC(=O)Nc1ccccc1Cl. The summed E-state index contributed by atoms with van der Waals surface area (Å²) < 4.78 is 0. The van der Waals surface area contributed by atoms with Crippen molar-refractivity contribution >= 4 is 29.0 Å². The van der Waals surface area contributed by atoms with Crippen LogP contribution in [0.15, 0.2) is 24.3 Å². The van der Waals surface area contributed by atoms with Crippen LogP contribution in [0.1, 0.15) is 32.6 Å². The molecule has 114 valence electrons. The number of amides is 1. The molecule has 1 atom stereocenters. The zero-order valence-electron chi connectivity index (χ0n) is 12.3. The van der Waals surface area contributed by atoms with E-state index in [2.05, 4.69) is 10.2 Å². The van der Waals surface area contributed by atoms with E-state index in [9.17, 15) is 9.59 Å². The highest BCUT2D eigenvalue weighted by Crippen LogP contribution is 2.22. The highest BCUT2D eigenvalue weighted by atomic mass is 35.5. The van der Waals surface area contributed by atoms with E-state index in [1.807, 2.05) is 12.1 Å². The monoisotopic (exact) mass is 308 g/mol. The minimum Gasteiger partial charge on any atom is -0.324 e. The van der Waals surface area contributed by atoms with Crippen LogP contribution >= 0.6 is 11.6 Å². The Morgan fingerprint density at radius 3 is 2.81 bits per heavy atom. The Balaban J connectivity index is 1.94. The fourth-order valence-corrected chi connectivity index (χ4v) is 2.95. The van der Waals surface area contributed by atoms with E-state index >= 15 is 0 Å². The van der Waals surface area contributed by atoms with Gasteiger partial charge in [-0.05, 0) is 38.4 Å². The maximum atomic E-state index is 12.2. The summed E-state index contributed by atoms with van der Waals surface area (Å²) in [5.74, 6) is 0.0944. The number of piperidine rings is 1. The van der Waals surface area contributed by atoms with Gasteiger partial charge in [0.25, 0.3) is 0 Å². The fraction of sp³-hybridized carbons (Fsp3) is 0.500. The molecule has 0 aromatic heterocycles. The number of carbonyl (C=O) groups is 2. The predicted molar refractivity (Wildman–Crippen MR) is 84.6 cm³/mol. The molecule has 0 bridgehead atoms. The van der Waals surface area contributed by atoms with Gasteiger partial charge in [0.15, 0.2) is 0 Å². The first kappa shape index (κ1) is 16.0. The van der Waals surface area contributed by atoms with Gasteiger partial charge >= 0.3 is 0 Å². The molecule has 21 heavy (non-hydrogen) atoms. The Kier molecular flexibility index (Phi) is 5.76. The standard InChI is InChI=1S/C16H21ClN2O2/c1-12(20)10-13-6-4-5-9-19(13)11-16(21)18-15-8-3-2-7-14(15)17/h2-3,7-8,13H,4-6,9-11H2,1H3,(H,18,21). The smallest absolute Gasteiger partial charge is 0.238 e. The number of ketones is 1. The average molecular weight is 309 g/mol. The Morgan fingerprint density at radius 1 is 1.33 bits per heavy atom. The molecule has 2 rings (SSSR count). The number of benzene rings is 1. The molecule has 5 heteroatoms. The van der Waals surface area contributed by atoms with Crippen LogP contribution in [0.2, 0.25) is 5.02 Å². The van der Waals surface area contributed by atoms with E-state index in [0.717, 1.165) is 25.8 Å². The summed E-state index contributed by atoms with van der Waals surface area (Å²) in [6.45, 7) is 2.79. The normalized spacial score (nSPS) is 19.2. The minimum atomic E-state index is -0.0847. The van der Waals surface area contributed by atoms with Crippen molar-refractivity contribution in [1.82, 2.24) is 4.90 Å². The highest BCUT2D eigenvalue weighted by molar-refractivity contribution is 6.33. The Hall–Kier alpha value is -1.39. The van der Waals surface area contributed by atoms with Gasteiger partial charge in [-0.15, -0.1) is 0 Å². The molecule has 1 saturated heterocycles. The van der Waals surface area contributed by atoms with Gasteiger partial charge in [0, 0.05) is 12.5 Å². The quantitative estimate of drug-likeness (QED) is 0.909. The molecule has 0 radical (unpaired) electrons. The molecule has 1 heterocycles. The maximum absolute atomic E-state index is 12.2. The van der Waals surface area contributed by atoms with Crippen LogP contribution in [-0.2, 0) is 9.59 Å². The first-order valence-corrected chi connectivity index (χ1v) is 7.72. The molecular weight excluding hydrogens is 288 g/mol. The van der Waals surface area contributed by atoms with Crippen LogP contribution in [-0.4, -0.2) is 35.7 Å². The zero-order chi connectivity index (χ0) is 15.2. The summed E-state index contributed by atoms with van der Waals surface area (Å²) in [7, 11) is 0. The van der Waals surface area contributed by atoms with Crippen molar-refractivity contribution in [3.05, 3.63) is 29.3 Å². The first-order chi connectivity index (χ1) is 10.1. The van der Waals surface area contributed by atoms with E-state index in [4.69, 9.17) is 11.6 Å². The van der Waals surface area contributed by atoms with Crippen LogP contribution < -0.4 is 5.32 Å². The number of nitrogens with zero attached hydrogens (tertiary/aromatic N) is 1. The number of anilines is 1. The zero-order valence-corrected chi connectivity index (χ0v) is 13.0. The fourth-order valence-electron chi connectivity index (χ4n) is 2.77. The highest BCUT2D eigenvalue weighted by Gasteiger charge is 2.25. The number of hydrogen-bond donors (Lipinski definition) is 1. The summed E-state index contributed by atoms with van der Waals surface area (Å²) in [5, 5.41) is 3.37. The lowest BCUT2D eigenvalue weighted by Gasteiger charge is -2.34. The lowest BCUT2D eigenvalue weighted by atomic mass is 9.98. The van der Waals surface area contributed by atoms with E-state index in [1.54, 1.807) is 19.1 Å². The second-order valence-corrected chi connectivity index (χ2v) is 5.96. The second kappa shape index (κ2) is 7.57. The van der Waals surface area contributed by atoms with E-state index in [1.165, 1.54) is 0 Å². The Labute approximate surface area is 130 Å². The second-order valence-electron chi connectivity index (χ2n) is 5.55. The van der Waals surface area contributed by atoms with Crippen molar-refractivity contribution in [2.24, 2.45) is 0 Å².